The van der Waals surface area contributed by atoms with Gasteiger partial charge in [-0.05, 0) is 25.7 Å². The third-order valence-corrected chi connectivity index (χ3v) is 1.64. The van der Waals surface area contributed by atoms with Crippen LogP contribution in [0.4, 0.5) is 0 Å². The van der Waals surface area contributed by atoms with Gasteiger partial charge in [0.25, 0.3) is 0 Å². The maximum absolute atomic E-state index is 9.68. The van der Waals surface area contributed by atoms with Crippen molar-refractivity contribution in [3.8, 4) is 0 Å². The van der Waals surface area contributed by atoms with Crippen LogP contribution in [0.1, 0.15) is 47.0 Å². The Labute approximate surface area is 64.5 Å². The van der Waals surface area contributed by atoms with Gasteiger partial charge in [0.15, 0.2) is 0 Å². The number of hydrogen-bond donors (Lipinski definition) is 1. The molecule has 0 aromatic heterocycles. The van der Waals surface area contributed by atoms with Gasteiger partial charge in [-0.2, -0.15) is 0 Å². The molecule has 0 spiro atoms. The van der Waals surface area contributed by atoms with E-state index in [1.54, 1.807) is 0 Å². The van der Waals surface area contributed by atoms with Gasteiger partial charge in [-0.1, -0.05) is 27.2 Å². The normalized spacial score (nSPS) is 17.4. The molecule has 10 heavy (non-hydrogen) atoms. The summed E-state index contributed by atoms with van der Waals surface area (Å²) in [5.41, 5.74) is -0.428. The van der Waals surface area contributed by atoms with E-state index in [1.165, 1.54) is 0 Å². The molecule has 0 aromatic rings. The Bertz CT molecular complexity index is 84.7. The zero-order valence-corrected chi connectivity index (χ0v) is 7.65. The lowest BCUT2D eigenvalue weighted by Crippen LogP contribution is -2.25. The van der Waals surface area contributed by atoms with E-state index in [0.717, 1.165) is 19.3 Å². The van der Waals surface area contributed by atoms with Crippen molar-refractivity contribution in [2.24, 2.45) is 5.92 Å². The standard InChI is InChI=1S/C9H20O/c1-5-6-9(4,10)7-8(2)3/h8,10H,5-7H2,1-4H3. The molecule has 0 aliphatic heterocycles. The van der Waals surface area contributed by atoms with Crippen LogP contribution in [0.25, 0.3) is 0 Å². The maximum Gasteiger partial charge on any atom is 0.0622 e. The van der Waals surface area contributed by atoms with Crippen LogP contribution >= 0.6 is 0 Å². The Kier molecular flexibility index (Phi) is 3.95. The van der Waals surface area contributed by atoms with Gasteiger partial charge in [0, 0.05) is 0 Å². The summed E-state index contributed by atoms with van der Waals surface area (Å²) in [7, 11) is 0. The van der Waals surface area contributed by atoms with Crippen LogP contribution in [0.5, 0.6) is 0 Å². The van der Waals surface area contributed by atoms with Crippen LogP contribution in [0.3, 0.4) is 0 Å². The van der Waals surface area contributed by atoms with Crippen molar-refractivity contribution >= 4 is 0 Å². The summed E-state index contributed by atoms with van der Waals surface area (Å²) < 4.78 is 0. The molecule has 0 radical (unpaired) electrons. The summed E-state index contributed by atoms with van der Waals surface area (Å²) >= 11 is 0. The van der Waals surface area contributed by atoms with Crippen molar-refractivity contribution in [2.45, 2.75) is 52.6 Å². The number of hydrogen-bond acceptors (Lipinski definition) is 1. The van der Waals surface area contributed by atoms with Crippen LogP contribution < -0.4 is 0 Å². The Morgan fingerprint density at radius 3 is 2.20 bits per heavy atom. The van der Waals surface area contributed by atoms with E-state index < -0.39 is 5.60 Å². The van der Waals surface area contributed by atoms with Crippen molar-refractivity contribution in [3.63, 3.8) is 0 Å². The van der Waals surface area contributed by atoms with Crippen LogP contribution in [0.2, 0.25) is 0 Å². The van der Waals surface area contributed by atoms with Crippen molar-refractivity contribution in [2.75, 3.05) is 0 Å². The molecule has 0 saturated carbocycles. The van der Waals surface area contributed by atoms with Gasteiger partial charge in [0.2, 0.25) is 0 Å². The third-order valence-electron chi connectivity index (χ3n) is 1.64. The smallest absolute Gasteiger partial charge is 0.0622 e. The Hall–Kier alpha value is -0.0400. The molecule has 1 atom stereocenters. The minimum atomic E-state index is -0.428. The summed E-state index contributed by atoms with van der Waals surface area (Å²) in [4.78, 5) is 0. The largest absolute Gasteiger partial charge is 0.390 e. The third kappa shape index (κ3) is 4.80. The molecular weight excluding hydrogens is 124 g/mol. The molecule has 1 unspecified atom stereocenters. The Morgan fingerprint density at radius 1 is 1.40 bits per heavy atom. The second-order valence-electron chi connectivity index (χ2n) is 3.84. The Balaban J connectivity index is 3.63. The molecule has 0 aliphatic rings. The summed E-state index contributed by atoms with van der Waals surface area (Å²) in [6.45, 7) is 8.32. The van der Waals surface area contributed by atoms with Crippen molar-refractivity contribution < 1.29 is 5.11 Å². The quantitative estimate of drug-likeness (QED) is 0.643. The first-order valence-corrected chi connectivity index (χ1v) is 4.20. The molecule has 0 saturated heterocycles. The van der Waals surface area contributed by atoms with E-state index in [0.29, 0.717) is 5.92 Å². The van der Waals surface area contributed by atoms with Gasteiger partial charge < -0.3 is 5.11 Å². The van der Waals surface area contributed by atoms with Crippen molar-refractivity contribution in [3.05, 3.63) is 0 Å². The van der Waals surface area contributed by atoms with Gasteiger partial charge >= 0.3 is 0 Å². The molecule has 0 aromatic carbocycles. The second-order valence-corrected chi connectivity index (χ2v) is 3.84. The van der Waals surface area contributed by atoms with Gasteiger partial charge in [0.05, 0.1) is 5.60 Å². The minimum Gasteiger partial charge on any atom is -0.390 e. The average molecular weight is 144 g/mol. The zero-order chi connectivity index (χ0) is 8.20. The van der Waals surface area contributed by atoms with Crippen LogP contribution in [0, 0.1) is 5.92 Å². The summed E-state index contributed by atoms with van der Waals surface area (Å²) in [5, 5.41) is 9.68. The molecule has 0 heterocycles. The molecule has 62 valence electrons. The lowest BCUT2D eigenvalue weighted by molar-refractivity contribution is 0.0293. The molecule has 0 amide bonds. The summed E-state index contributed by atoms with van der Waals surface area (Å²) in [6.07, 6.45) is 2.91. The fourth-order valence-electron chi connectivity index (χ4n) is 1.52. The van der Waals surface area contributed by atoms with E-state index in [4.69, 9.17) is 0 Å². The van der Waals surface area contributed by atoms with Crippen LogP contribution in [0.15, 0.2) is 0 Å². The number of aliphatic hydroxyl groups is 1. The lowest BCUT2D eigenvalue weighted by Gasteiger charge is -2.24. The number of rotatable bonds is 4. The fraction of sp³-hybridized carbons (Fsp3) is 1.00. The molecule has 0 rings (SSSR count). The highest BCUT2D eigenvalue weighted by Crippen LogP contribution is 2.20. The van der Waals surface area contributed by atoms with Gasteiger partial charge in [-0.3, -0.25) is 0 Å². The topological polar surface area (TPSA) is 20.2 Å². The van der Waals surface area contributed by atoms with Crippen molar-refractivity contribution in [1.29, 1.82) is 0 Å². The van der Waals surface area contributed by atoms with E-state index in [9.17, 15) is 5.11 Å². The average Bonchev–Trinajstić information content (AvgIpc) is 1.59. The van der Waals surface area contributed by atoms with E-state index in [1.807, 2.05) is 6.92 Å². The molecule has 0 fully saturated rings. The highest BCUT2D eigenvalue weighted by atomic mass is 16.3. The Morgan fingerprint density at radius 2 is 1.90 bits per heavy atom. The predicted molar refractivity (Wildman–Crippen MR) is 45.0 cm³/mol. The highest BCUT2D eigenvalue weighted by molar-refractivity contribution is 4.72. The monoisotopic (exact) mass is 144 g/mol. The first kappa shape index (κ1) is 9.96. The minimum absolute atomic E-state index is 0.428. The summed E-state index contributed by atoms with van der Waals surface area (Å²) in [6, 6.07) is 0. The molecule has 1 nitrogen and oxygen atoms in total. The van der Waals surface area contributed by atoms with Crippen LogP contribution in [-0.2, 0) is 0 Å². The SMILES string of the molecule is CCCC(C)(O)CC(C)C. The zero-order valence-electron chi connectivity index (χ0n) is 7.65. The first-order valence-electron chi connectivity index (χ1n) is 4.20. The molecule has 1 N–H and O–H groups in total. The first-order chi connectivity index (χ1) is 4.48. The summed E-state index contributed by atoms with van der Waals surface area (Å²) in [5.74, 6) is 0.599. The van der Waals surface area contributed by atoms with Gasteiger partial charge in [-0.25, -0.2) is 0 Å². The van der Waals surface area contributed by atoms with E-state index >= 15 is 0 Å². The van der Waals surface area contributed by atoms with E-state index in [2.05, 4.69) is 20.8 Å². The fourth-order valence-corrected chi connectivity index (χ4v) is 1.52. The van der Waals surface area contributed by atoms with Crippen LogP contribution in [-0.4, -0.2) is 10.7 Å². The lowest BCUT2D eigenvalue weighted by atomic mass is 9.90. The maximum atomic E-state index is 9.68. The van der Waals surface area contributed by atoms with Crippen molar-refractivity contribution in [1.82, 2.24) is 0 Å². The highest BCUT2D eigenvalue weighted by Gasteiger charge is 2.19. The van der Waals surface area contributed by atoms with Gasteiger partial charge in [0.1, 0.15) is 0 Å². The second kappa shape index (κ2) is 3.97. The predicted octanol–water partition coefficient (Wildman–Crippen LogP) is 2.58. The van der Waals surface area contributed by atoms with E-state index in [-0.39, 0.29) is 0 Å². The molecule has 1 heteroatoms. The molecular formula is C9H20O. The molecule has 0 bridgehead atoms. The molecule has 0 aliphatic carbocycles. The van der Waals surface area contributed by atoms with Gasteiger partial charge in [-0.15, -0.1) is 0 Å².